The molecule has 3 heteroatoms. The number of rotatable bonds is 9. The minimum Gasteiger partial charge on any atom is -0.330 e. The van der Waals surface area contributed by atoms with E-state index in [1.54, 1.807) is 0 Å². The van der Waals surface area contributed by atoms with Gasteiger partial charge in [-0.1, -0.05) is 20.8 Å². The van der Waals surface area contributed by atoms with Gasteiger partial charge in [-0.05, 0) is 44.5 Å². The molecule has 1 atom stereocenters. The molecule has 0 aliphatic carbocycles. The first-order valence-corrected chi connectivity index (χ1v) is 7.87. The van der Waals surface area contributed by atoms with E-state index in [1.165, 1.54) is 25.0 Å². The maximum absolute atomic E-state index is 5.96. The zero-order chi connectivity index (χ0) is 12.6. The van der Waals surface area contributed by atoms with Crippen molar-refractivity contribution in [1.82, 2.24) is 4.90 Å². The van der Waals surface area contributed by atoms with Gasteiger partial charge in [-0.15, -0.1) is 0 Å². The van der Waals surface area contributed by atoms with Crippen LogP contribution in [0.4, 0.5) is 0 Å². The fourth-order valence-corrected chi connectivity index (χ4v) is 3.11. The van der Waals surface area contributed by atoms with Crippen LogP contribution >= 0.6 is 11.8 Å². The number of nitrogens with two attached hydrogens (primary N) is 1. The molecule has 98 valence electrons. The third kappa shape index (κ3) is 4.64. The predicted molar refractivity (Wildman–Crippen MR) is 77.2 cm³/mol. The van der Waals surface area contributed by atoms with E-state index in [4.69, 9.17) is 5.73 Å². The second kappa shape index (κ2) is 8.37. The minimum atomic E-state index is 0.320. The summed E-state index contributed by atoms with van der Waals surface area (Å²) < 4.78 is 0. The van der Waals surface area contributed by atoms with E-state index in [0.29, 0.717) is 11.5 Å². The monoisotopic (exact) mass is 246 g/mol. The zero-order valence-corrected chi connectivity index (χ0v) is 12.6. The van der Waals surface area contributed by atoms with Crippen molar-refractivity contribution in [3.63, 3.8) is 0 Å². The van der Waals surface area contributed by atoms with Crippen molar-refractivity contribution in [2.45, 2.75) is 46.1 Å². The Morgan fingerprint density at radius 1 is 1.25 bits per heavy atom. The van der Waals surface area contributed by atoms with Gasteiger partial charge in [0.1, 0.15) is 0 Å². The van der Waals surface area contributed by atoms with Crippen LogP contribution in [0.2, 0.25) is 0 Å². The van der Waals surface area contributed by atoms with Gasteiger partial charge in [0.05, 0.1) is 0 Å². The quantitative estimate of drug-likeness (QED) is 0.678. The molecule has 0 radical (unpaired) electrons. The van der Waals surface area contributed by atoms with E-state index < -0.39 is 0 Å². The van der Waals surface area contributed by atoms with Gasteiger partial charge in [0, 0.05) is 18.3 Å². The Balaban J connectivity index is 4.42. The van der Waals surface area contributed by atoms with Crippen molar-refractivity contribution in [2.75, 3.05) is 32.1 Å². The summed E-state index contributed by atoms with van der Waals surface area (Å²) in [7, 11) is 2.25. The lowest BCUT2D eigenvalue weighted by Crippen LogP contribution is -2.45. The SMILES string of the molecule is CCC(CSC)N(C)CC(CC)(CC)CN. The molecule has 1 unspecified atom stereocenters. The lowest BCUT2D eigenvalue weighted by Gasteiger charge is -2.38. The van der Waals surface area contributed by atoms with Crippen molar-refractivity contribution < 1.29 is 0 Å². The topological polar surface area (TPSA) is 29.3 Å². The molecule has 0 heterocycles. The summed E-state index contributed by atoms with van der Waals surface area (Å²) in [5.41, 5.74) is 6.28. The van der Waals surface area contributed by atoms with Crippen molar-refractivity contribution in [3.05, 3.63) is 0 Å². The minimum absolute atomic E-state index is 0.320. The Kier molecular flexibility index (Phi) is 8.52. The van der Waals surface area contributed by atoms with Gasteiger partial charge in [-0.3, -0.25) is 0 Å². The molecule has 0 bridgehead atoms. The lowest BCUT2D eigenvalue weighted by atomic mass is 9.81. The smallest absolute Gasteiger partial charge is 0.0180 e. The van der Waals surface area contributed by atoms with E-state index in [1.807, 2.05) is 11.8 Å². The summed E-state index contributed by atoms with van der Waals surface area (Å²) >= 11 is 1.94. The first kappa shape index (κ1) is 16.3. The molecule has 0 aliphatic heterocycles. The highest BCUT2D eigenvalue weighted by atomic mass is 32.2. The Labute approximate surface area is 106 Å². The van der Waals surface area contributed by atoms with Gasteiger partial charge in [-0.25, -0.2) is 0 Å². The van der Waals surface area contributed by atoms with Gasteiger partial charge < -0.3 is 10.6 Å². The first-order chi connectivity index (χ1) is 7.59. The van der Waals surface area contributed by atoms with Crippen LogP contribution in [-0.2, 0) is 0 Å². The predicted octanol–water partition coefficient (Wildman–Crippen LogP) is 2.82. The normalized spacial score (nSPS) is 14.4. The Hall–Kier alpha value is 0.270. The third-order valence-electron chi connectivity index (χ3n) is 3.97. The van der Waals surface area contributed by atoms with Crippen molar-refractivity contribution >= 4 is 11.8 Å². The zero-order valence-electron chi connectivity index (χ0n) is 11.8. The molecule has 0 amide bonds. The highest BCUT2D eigenvalue weighted by Crippen LogP contribution is 2.27. The lowest BCUT2D eigenvalue weighted by molar-refractivity contribution is 0.136. The van der Waals surface area contributed by atoms with Gasteiger partial charge >= 0.3 is 0 Å². The number of nitrogens with zero attached hydrogens (tertiary/aromatic N) is 1. The van der Waals surface area contributed by atoms with E-state index >= 15 is 0 Å². The highest BCUT2D eigenvalue weighted by Gasteiger charge is 2.28. The summed E-state index contributed by atoms with van der Waals surface area (Å²) in [4.78, 5) is 2.51. The van der Waals surface area contributed by atoms with Crippen LogP contribution in [0.25, 0.3) is 0 Å². The summed E-state index contributed by atoms with van der Waals surface area (Å²) in [6.45, 7) is 8.74. The number of hydrogen-bond acceptors (Lipinski definition) is 3. The van der Waals surface area contributed by atoms with Crippen LogP contribution in [0.1, 0.15) is 40.0 Å². The molecule has 0 aliphatic rings. The van der Waals surface area contributed by atoms with Gasteiger partial charge in [0.2, 0.25) is 0 Å². The van der Waals surface area contributed by atoms with E-state index in [-0.39, 0.29) is 0 Å². The third-order valence-corrected chi connectivity index (χ3v) is 4.69. The van der Waals surface area contributed by atoms with Crippen molar-refractivity contribution in [1.29, 1.82) is 0 Å². The summed E-state index contributed by atoms with van der Waals surface area (Å²) in [5.74, 6) is 1.22. The summed E-state index contributed by atoms with van der Waals surface area (Å²) in [5, 5.41) is 0. The molecule has 0 spiro atoms. The van der Waals surface area contributed by atoms with Crippen molar-refractivity contribution in [2.24, 2.45) is 11.1 Å². The first-order valence-electron chi connectivity index (χ1n) is 6.48. The summed E-state index contributed by atoms with van der Waals surface area (Å²) in [6.07, 6.45) is 5.78. The molecule has 0 aromatic carbocycles. The Bertz CT molecular complexity index is 161. The molecule has 0 aromatic heterocycles. The molecule has 2 N–H and O–H groups in total. The van der Waals surface area contributed by atoms with Gasteiger partial charge in [0.25, 0.3) is 0 Å². The molecule has 16 heavy (non-hydrogen) atoms. The van der Waals surface area contributed by atoms with Crippen LogP contribution in [0.15, 0.2) is 0 Å². The van der Waals surface area contributed by atoms with Crippen LogP contribution < -0.4 is 5.73 Å². The molecule has 0 saturated heterocycles. The van der Waals surface area contributed by atoms with Gasteiger partial charge in [-0.2, -0.15) is 11.8 Å². The fourth-order valence-electron chi connectivity index (χ4n) is 2.23. The molecule has 0 saturated carbocycles. The van der Waals surface area contributed by atoms with E-state index in [2.05, 4.69) is 39.0 Å². The largest absolute Gasteiger partial charge is 0.330 e. The second-order valence-electron chi connectivity index (χ2n) is 4.84. The maximum Gasteiger partial charge on any atom is 0.0180 e. The van der Waals surface area contributed by atoms with E-state index in [9.17, 15) is 0 Å². The highest BCUT2D eigenvalue weighted by molar-refractivity contribution is 7.98. The maximum atomic E-state index is 5.96. The molecule has 0 fully saturated rings. The van der Waals surface area contributed by atoms with Crippen LogP contribution in [0.5, 0.6) is 0 Å². The molecular weight excluding hydrogens is 216 g/mol. The van der Waals surface area contributed by atoms with Crippen LogP contribution in [0.3, 0.4) is 0 Å². The van der Waals surface area contributed by atoms with E-state index in [0.717, 1.165) is 13.1 Å². The number of thioether (sulfide) groups is 1. The molecule has 0 aromatic rings. The molecular formula is C13H30N2S. The number of hydrogen-bond donors (Lipinski definition) is 1. The second-order valence-corrected chi connectivity index (χ2v) is 5.75. The molecule has 0 rings (SSSR count). The van der Waals surface area contributed by atoms with Crippen LogP contribution in [0, 0.1) is 5.41 Å². The average Bonchev–Trinajstić information content (AvgIpc) is 2.33. The standard InChI is InChI=1S/C13H30N2S/c1-6-12(9-16-5)15(4)11-13(7-2,8-3)10-14/h12H,6-11,14H2,1-5H3. The Morgan fingerprint density at radius 3 is 2.12 bits per heavy atom. The summed E-state index contributed by atoms with van der Waals surface area (Å²) in [6, 6.07) is 0.694. The van der Waals surface area contributed by atoms with Crippen molar-refractivity contribution in [3.8, 4) is 0 Å². The van der Waals surface area contributed by atoms with Gasteiger partial charge in [0.15, 0.2) is 0 Å². The Morgan fingerprint density at radius 2 is 1.81 bits per heavy atom. The average molecular weight is 246 g/mol. The fraction of sp³-hybridized carbons (Fsp3) is 1.00. The van der Waals surface area contributed by atoms with Crippen LogP contribution in [-0.4, -0.2) is 43.1 Å². The molecule has 2 nitrogen and oxygen atoms in total.